The second-order valence-corrected chi connectivity index (χ2v) is 6.82. The molecular weight excluding hydrogens is 236 g/mol. The summed E-state index contributed by atoms with van der Waals surface area (Å²) in [5.41, 5.74) is 5.50. The normalized spacial score (nSPS) is 34.6. The van der Waals surface area contributed by atoms with E-state index in [4.69, 9.17) is 10.5 Å². The first-order chi connectivity index (χ1) is 9.19. The highest BCUT2D eigenvalue weighted by Crippen LogP contribution is 2.32. The van der Waals surface area contributed by atoms with Gasteiger partial charge in [0.25, 0.3) is 0 Å². The Morgan fingerprint density at radius 3 is 2.26 bits per heavy atom. The van der Waals surface area contributed by atoms with Gasteiger partial charge in [0.1, 0.15) is 0 Å². The zero-order valence-electron chi connectivity index (χ0n) is 12.8. The van der Waals surface area contributed by atoms with Crippen LogP contribution < -0.4 is 5.73 Å². The molecule has 2 N–H and O–H groups in total. The summed E-state index contributed by atoms with van der Waals surface area (Å²) in [5, 5.41) is 0. The Hall–Kier alpha value is -0.120. The van der Waals surface area contributed by atoms with E-state index < -0.39 is 0 Å². The third-order valence-electron chi connectivity index (χ3n) is 4.85. The number of hydrogen-bond donors (Lipinski definition) is 1. The molecule has 0 aromatic rings. The lowest BCUT2D eigenvalue weighted by Crippen LogP contribution is -2.46. The van der Waals surface area contributed by atoms with Crippen LogP contribution in [0.25, 0.3) is 0 Å². The zero-order valence-corrected chi connectivity index (χ0v) is 12.8. The summed E-state index contributed by atoms with van der Waals surface area (Å²) in [4.78, 5) is 2.73. The lowest BCUT2D eigenvalue weighted by molar-refractivity contribution is -0.0116. The van der Waals surface area contributed by atoms with Gasteiger partial charge < -0.3 is 15.4 Å². The monoisotopic (exact) mass is 268 g/mol. The van der Waals surface area contributed by atoms with Crippen molar-refractivity contribution in [2.45, 2.75) is 64.5 Å². The summed E-state index contributed by atoms with van der Waals surface area (Å²) in [6.07, 6.45) is 8.15. The molecule has 0 aromatic heterocycles. The van der Waals surface area contributed by atoms with Crippen molar-refractivity contribution < 1.29 is 4.74 Å². The first-order valence-electron chi connectivity index (χ1n) is 8.24. The average Bonchev–Trinajstić information content (AvgIpc) is 2.39. The van der Waals surface area contributed by atoms with Gasteiger partial charge in [-0.3, -0.25) is 0 Å². The van der Waals surface area contributed by atoms with Gasteiger partial charge in [-0.1, -0.05) is 13.8 Å². The van der Waals surface area contributed by atoms with E-state index in [2.05, 4.69) is 18.7 Å². The van der Waals surface area contributed by atoms with Crippen molar-refractivity contribution in [2.24, 2.45) is 17.6 Å². The number of rotatable bonds is 5. The highest BCUT2D eigenvalue weighted by atomic mass is 16.5. The topological polar surface area (TPSA) is 38.5 Å². The van der Waals surface area contributed by atoms with Gasteiger partial charge in [-0.15, -0.1) is 0 Å². The van der Waals surface area contributed by atoms with Gasteiger partial charge in [0, 0.05) is 25.7 Å². The van der Waals surface area contributed by atoms with Crippen LogP contribution in [0.2, 0.25) is 0 Å². The van der Waals surface area contributed by atoms with Gasteiger partial charge in [-0.05, 0) is 56.9 Å². The van der Waals surface area contributed by atoms with Crippen molar-refractivity contribution in [1.82, 2.24) is 4.90 Å². The molecule has 2 aliphatic rings. The molecule has 2 unspecified atom stereocenters. The minimum Gasteiger partial charge on any atom is -0.378 e. The van der Waals surface area contributed by atoms with Crippen molar-refractivity contribution in [3.8, 4) is 0 Å². The van der Waals surface area contributed by atoms with E-state index in [0.29, 0.717) is 6.10 Å². The number of ether oxygens (including phenoxy) is 1. The molecule has 3 heteroatoms. The minimum absolute atomic E-state index is 0.487. The zero-order chi connectivity index (χ0) is 13.7. The van der Waals surface area contributed by atoms with E-state index in [0.717, 1.165) is 37.5 Å². The van der Waals surface area contributed by atoms with Gasteiger partial charge in [-0.2, -0.15) is 0 Å². The minimum atomic E-state index is 0.487. The lowest BCUT2D eigenvalue weighted by atomic mass is 9.79. The number of hydrogen-bond acceptors (Lipinski definition) is 3. The predicted octanol–water partition coefficient (Wildman–Crippen LogP) is 2.64. The quantitative estimate of drug-likeness (QED) is 0.779. The summed E-state index contributed by atoms with van der Waals surface area (Å²) in [6.45, 7) is 8.90. The molecule has 2 fully saturated rings. The lowest BCUT2D eigenvalue weighted by Gasteiger charge is -2.42. The third kappa shape index (κ3) is 4.73. The van der Waals surface area contributed by atoms with Gasteiger partial charge in [0.2, 0.25) is 0 Å². The summed E-state index contributed by atoms with van der Waals surface area (Å²) in [5.74, 6) is 1.82. The molecular formula is C16H32N2O. The smallest absolute Gasteiger partial charge is 0.0599 e. The number of likely N-dealkylation sites (tertiary alicyclic amines) is 1. The van der Waals surface area contributed by atoms with Crippen molar-refractivity contribution >= 4 is 0 Å². The molecule has 0 amide bonds. The molecule has 0 radical (unpaired) electrons. The van der Waals surface area contributed by atoms with Gasteiger partial charge in [0.05, 0.1) is 6.10 Å². The standard InChI is InChI=1S/C16H32N2O/c1-13-10-14(2)12-15(11-13)18-7-4-16(5-8-18)19-9-3-6-17/h13-16H,3-12,17H2,1-2H3. The molecule has 0 bridgehead atoms. The molecule has 19 heavy (non-hydrogen) atoms. The van der Waals surface area contributed by atoms with Crippen molar-refractivity contribution in [2.75, 3.05) is 26.2 Å². The van der Waals surface area contributed by atoms with Crippen LogP contribution in [0.3, 0.4) is 0 Å². The Bertz CT molecular complexity index is 241. The van der Waals surface area contributed by atoms with E-state index in [1.807, 2.05) is 0 Å². The summed E-state index contributed by atoms with van der Waals surface area (Å²) in [7, 11) is 0. The maximum Gasteiger partial charge on any atom is 0.0599 e. The Morgan fingerprint density at radius 1 is 1.05 bits per heavy atom. The Morgan fingerprint density at radius 2 is 1.68 bits per heavy atom. The Balaban J connectivity index is 1.70. The first-order valence-corrected chi connectivity index (χ1v) is 8.24. The predicted molar refractivity (Wildman–Crippen MR) is 80.2 cm³/mol. The molecule has 1 aliphatic carbocycles. The van der Waals surface area contributed by atoms with Crippen molar-refractivity contribution in [1.29, 1.82) is 0 Å². The molecule has 112 valence electrons. The van der Waals surface area contributed by atoms with Crippen molar-refractivity contribution in [3.05, 3.63) is 0 Å². The number of nitrogens with zero attached hydrogens (tertiary/aromatic N) is 1. The van der Waals surface area contributed by atoms with E-state index in [-0.39, 0.29) is 0 Å². The van der Waals surface area contributed by atoms with Crippen LogP contribution in [0.4, 0.5) is 0 Å². The maximum atomic E-state index is 5.89. The van der Waals surface area contributed by atoms with E-state index >= 15 is 0 Å². The summed E-state index contributed by atoms with van der Waals surface area (Å²) < 4.78 is 5.89. The fraction of sp³-hybridized carbons (Fsp3) is 1.00. The number of nitrogens with two attached hydrogens (primary N) is 1. The average molecular weight is 268 g/mol. The van der Waals surface area contributed by atoms with Gasteiger partial charge >= 0.3 is 0 Å². The largest absolute Gasteiger partial charge is 0.378 e. The summed E-state index contributed by atoms with van der Waals surface area (Å²) in [6, 6.07) is 0.837. The molecule has 1 aliphatic heterocycles. The fourth-order valence-electron chi connectivity index (χ4n) is 3.94. The van der Waals surface area contributed by atoms with Crippen molar-refractivity contribution in [3.63, 3.8) is 0 Å². The molecule has 0 aromatic carbocycles. The van der Waals surface area contributed by atoms with Gasteiger partial charge in [-0.25, -0.2) is 0 Å². The summed E-state index contributed by atoms with van der Waals surface area (Å²) >= 11 is 0. The maximum absolute atomic E-state index is 5.89. The van der Waals surface area contributed by atoms with Crippen LogP contribution in [0, 0.1) is 11.8 Å². The molecule has 1 saturated carbocycles. The highest BCUT2D eigenvalue weighted by Gasteiger charge is 2.30. The first kappa shape index (κ1) is 15.3. The second kappa shape index (κ2) is 7.61. The molecule has 2 atom stereocenters. The fourth-order valence-corrected chi connectivity index (χ4v) is 3.94. The van der Waals surface area contributed by atoms with Crippen LogP contribution in [-0.2, 0) is 4.74 Å². The van der Waals surface area contributed by atoms with E-state index in [1.165, 1.54) is 45.2 Å². The van der Waals surface area contributed by atoms with E-state index in [9.17, 15) is 0 Å². The van der Waals surface area contributed by atoms with Crippen LogP contribution >= 0.6 is 0 Å². The van der Waals surface area contributed by atoms with E-state index in [1.54, 1.807) is 0 Å². The van der Waals surface area contributed by atoms with Crippen LogP contribution in [0.15, 0.2) is 0 Å². The van der Waals surface area contributed by atoms with Crippen LogP contribution in [0.1, 0.15) is 52.4 Å². The molecule has 1 heterocycles. The molecule has 0 spiro atoms. The second-order valence-electron chi connectivity index (χ2n) is 6.82. The van der Waals surface area contributed by atoms with Crippen LogP contribution in [0.5, 0.6) is 0 Å². The Labute approximate surface area is 118 Å². The third-order valence-corrected chi connectivity index (χ3v) is 4.85. The molecule has 3 nitrogen and oxygen atoms in total. The molecule has 1 saturated heterocycles. The number of piperidine rings is 1. The Kier molecular flexibility index (Phi) is 6.11. The SMILES string of the molecule is CC1CC(C)CC(N2CCC(OCCCN)CC2)C1. The highest BCUT2D eigenvalue weighted by molar-refractivity contribution is 4.85. The van der Waals surface area contributed by atoms with Gasteiger partial charge in [0.15, 0.2) is 0 Å². The van der Waals surface area contributed by atoms with Crippen LogP contribution in [-0.4, -0.2) is 43.3 Å². The molecule has 2 rings (SSSR count).